The van der Waals surface area contributed by atoms with Crippen molar-refractivity contribution in [2.24, 2.45) is 5.92 Å². The Balaban J connectivity index is 1.27. The van der Waals surface area contributed by atoms with Crippen LogP contribution in [0, 0.1) is 5.92 Å². The summed E-state index contributed by atoms with van der Waals surface area (Å²) in [5.74, 6) is 1.37. The zero-order valence-corrected chi connectivity index (χ0v) is 16.1. The number of piperidine rings is 1. The van der Waals surface area contributed by atoms with Gasteiger partial charge in [0.1, 0.15) is 11.5 Å². The van der Waals surface area contributed by atoms with Crippen LogP contribution in [0.3, 0.4) is 0 Å². The molecule has 2 aliphatic rings. The smallest absolute Gasteiger partial charge is 0.223 e. The van der Waals surface area contributed by atoms with Gasteiger partial charge in [-0.2, -0.15) is 0 Å². The molecule has 0 unspecified atom stereocenters. The Morgan fingerprint density at radius 3 is 2.75 bits per heavy atom. The number of phenolic OH excluding ortho intramolecular Hbond substituents is 1. The lowest BCUT2D eigenvalue weighted by Gasteiger charge is -2.33. The molecule has 5 nitrogen and oxygen atoms in total. The van der Waals surface area contributed by atoms with Gasteiger partial charge < -0.3 is 15.2 Å². The van der Waals surface area contributed by atoms with Crippen LogP contribution >= 0.6 is 0 Å². The maximum Gasteiger partial charge on any atom is 0.223 e. The Kier molecular flexibility index (Phi) is 5.81. The van der Waals surface area contributed by atoms with Crippen LogP contribution < -0.4 is 10.1 Å². The van der Waals surface area contributed by atoms with E-state index in [0.29, 0.717) is 12.4 Å². The maximum absolute atomic E-state index is 12.8. The predicted octanol–water partition coefficient (Wildman–Crippen LogP) is 3.11. The molecular weight excluding hydrogens is 352 g/mol. The molecule has 0 aromatic heterocycles. The van der Waals surface area contributed by atoms with Crippen LogP contribution in [0.1, 0.15) is 30.4 Å². The number of hydrogen-bond donors (Lipinski definition) is 2. The van der Waals surface area contributed by atoms with Crippen LogP contribution in [-0.4, -0.2) is 41.7 Å². The number of amides is 1. The number of carbonyl (C=O) groups is 1. The molecule has 0 radical (unpaired) electrons. The highest BCUT2D eigenvalue weighted by Gasteiger charge is 2.27. The van der Waals surface area contributed by atoms with Gasteiger partial charge in [0.25, 0.3) is 0 Å². The van der Waals surface area contributed by atoms with Crippen molar-refractivity contribution >= 4 is 5.91 Å². The van der Waals surface area contributed by atoms with Crippen molar-refractivity contribution in [2.75, 3.05) is 19.7 Å². The number of benzene rings is 2. The fourth-order valence-corrected chi connectivity index (χ4v) is 4.18. The van der Waals surface area contributed by atoms with E-state index in [-0.39, 0.29) is 17.9 Å². The number of aromatic hydroxyl groups is 1. The van der Waals surface area contributed by atoms with Crippen molar-refractivity contribution in [3.8, 4) is 11.5 Å². The van der Waals surface area contributed by atoms with Crippen molar-refractivity contribution in [1.29, 1.82) is 0 Å². The Morgan fingerprint density at radius 1 is 1.11 bits per heavy atom. The van der Waals surface area contributed by atoms with E-state index < -0.39 is 0 Å². The van der Waals surface area contributed by atoms with Gasteiger partial charge >= 0.3 is 0 Å². The molecule has 28 heavy (non-hydrogen) atoms. The van der Waals surface area contributed by atoms with Crippen molar-refractivity contribution in [1.82, 2.24) is 10.2 Å². The number of hydrogen-bond acceptors (Lipinski definition) is 4. The molecular formula is C23H28N2O3. The topological polar surface area (TPSA) is 61.8 Å². The number of fused-ring (bicyclic) bond motifs is 1. The number of ether oxygens (including phenoxy) is 1. The highest BCUT2D eigenvalue weighted by atomic mass is 16.5. The minimum Gasteiger partial charge on any atom is -0.508 e. The minimum absolute atomic E-state index is 0.0195. The minimum atomic E-state index is -0.0195. The van der Waals surface area contributed by atoms with Crippen molar-refractivity contribution in [3.05, 3.63) is 59.7 Å². The van der Waals surface area contributed by atoms with Gasteiger partial charge in [-0.25, -0.2) is 0 Å². The lowest BCUT2D eigenvalue weighted by atomic mass is 9.95. The van der Waals surface area contributed by atoms with Crippen molar-refractivity contribution < 1.29 is 14.6 Å². The third-order valence-electron chi connectivity index (χ3n) is 5.78. The summed E-state index contributed by atoms with van der Waals surface area (Å²) in [6.07, 6.45) is 3.43. The summed E-state index contributed by atoms with van der Waals surface area (Å²) >= 11 is 0. The number of nitrogens with one attached hydrogen (secondary N) is 1. The summed E-state index contributed by atoms with van der Waals surface area (Å²) in [4.78, 5) is 15.2. The average molecular weight is 380 g/mol. The summed E-state index contributed by atoms with van der Waals surface area (Å²) in [5.41, 5.74) is 2.25. The summed E-state index contributed by atoms with van der Waals surface area (Å²) in [6.45, 7) is 3.34. The molecule has 1 fully saturated rings. The number of para-hydroxylation sites is 1. The van der Waals surface area contributed by atoms with Gasteiger partial charge in [-0.1, -0.05) is 30.3 Å². The molecule has 0 bridgehead atoms. The Bertz CT molecular complexity index is 815. The maximum atomic E-state index is 12.8. The first-order chi connectivity index (χ1) is 13.7. The quantitative estimate of drug-likeness (QED) is 0.856. The first-order valence-corrected chi connectivity index (χ1v) is 10.2. The Hall–Kier alpha value is -2.53. The van der Waals surface area contributed by atoms with E-state index in [0.717, 1.165) is 62.2 Å². The third-order valence-corrected chi connectivity index (χ3v) is 5.78. The fourth-order valence-electron chi connectivity index (χ4n) is 4.18. The van der Waals surface area contributed by atoms with E-state index in [2.05, 4.69) is 16.3 Å². The highest BCUT2D eigenvalue weighted by molar-refractivity contribution is 5.79. The largest absolute Gasteiger partial charge is 0.508 e. The van der Waals surface area contributed by atoms with Crippen LogP contribution in [-0.2, 0) is 17.8 Å². The van der Waals surface area contributed by atoms with Gasteiger partial charge in [-0.05, 0) is 55.0 Å². The molecule has 0 aliphatic carbocycles. The molecule has 1 amide bonds. The van der Waals surface area contributed by atoms with E-state index >= 15 is 0 Å². The molecule has 2 aromatic carbocycles. The summed E-state index contributed by atoms with van der Waals surface area (Å²) in [7, 11) is 0. The van der Waals surface area contributed by atoms with Crippen LogP contribution in [0.4, 0.5) is 0 Å². The number of carbonyl (C=O) groups excluding carboxylic acids is 1. The van der Waals surface area contributed by atoms with Gasteiger partial charge in [-0.3, -0.25) is 9.69 Å². The van der Waals surface area contributed by atoms with Crippen LogP contribution in [0.5, 0.6) is 11.5 Å². The van der Waals surface area contributed by atoms with Gasteiger partial charge in [0, 0.05) is 31.6 Å². The van der Waals surface area contributed by atoms with E-state index in [9.17, 15) is 9.90 Å². The molecule has 5 heteroatoms. The lowest BCUT2D eigenvalue weighted by Crippen LogP contribution is -2.46. The number of rotatable bonds is 4. The first kappa shape index (κ1) is 18.8. The lowest BCUT2D eigenvalue weighted by molar-refractivity contribution is -0.126. The zero-order valence-electron chi connectivity index (χ0n) is 16.1. The number of nitrogens with zero attached hydrogens (tertiary/aromatic N) is 1. The van der Waals surface area contributed by atoms with Gasteiger partial charge in [0.05, 0.1) is 6.61 Å². The van der Waals surface area contributed by atoms with Gasteiger partial charge in [-0.15, -0.1) is 0 Å². The summed E-state index contributed by atoms with van der Waals surface area (Å²) in [5, 5.41) is 12.9. The predicted molar refractivity (Wildman–Crippen MR) is 108 cm³/mol. The van der Waals surface area contributed by atoms with Crippen LogP contribution in [0.15, 0.2) is 48.5 Å². The standard InChI is InChI=1S/C23H28N2O3/c26-21-6-3-4-17(14-21)16-25-11-8-20(9-12-25)24-23(27)19-10-13-28-22-7-2-1-5-18(22)15-19/h1-7,14,19-20,26H,8-13,15-16H2,(H,24,27)/t19-/m1/s1. The molecule has 0 saturated carbocycles. The first-order valence-electron chi connectivity index (χ1n) is 10.2. The van der Waals surface area contributed by atoms with E-state index in [4.69, 9.17) is 4.74 Å². The molecule has 1 atom stereocenters. The normalized spacial score (nSPS) is 20.6. The molecule has 4 rings (SSSR count). The van der Waals surface area contributed by atoms with E-state index in [1.807, 2.05) is 36.4 Å². The van der Waals surface area contributed by atoms with Crippen LogP contribution in [0.2, 0.25) is 0 Å². The van der Waals surface area contributed by atoms with Crippen molar-refractivity contribution in [2.45, 2.75) is 38.3 Å². The van der Waals surface area contributed by atoms with E-state index in [1.54, 1.807) is 6.07 Å². The number of likely N-dealkylation sites (tertiary alicyclic amines) is 1. The molecule has 2 aromatic rings. The Morgan fingerprint density at radius 2 is 1.93 bits per heavy atom. The van der Waals surface area contributed by atoms with Crippen LogP contribution in [0.25, 0.3) is 0 Å². The molecule has 2 aliphatic heterocycles. The monoisotopic (exact) mass is 380 g/mol. The van der Waals surface area contributed by atoms with Gasteiger partial charge in [0.15, 0.2) is 0 Å². The molecule has 148 valence electrons. The second kappa shape index (κ2) is 8.65. The van der Waals surface area contributed by atoms with E-state index in [1.165, 1.54) is 0 Å². The second-order valence-corrected chi connectivity index (χ2v) is 7.87. The SMILES string of the molecule is O=C(NC1CCN(Cc2cccc(O)c2)CC1)[C@@H]1CCOc2ccccc2C1. The summed E-state index contributed by atoms with van der Waals surface area (Å²) < 4.78 is 5.79. The van der Waals surface area contributed by atoms with Crippen molar-refractivity contribution in [3.63, 3.8) is 0 Å². The average Bonchev–Trinajstić information content (AvgIpc) is 2.92. The third kappa shape index (κ3) is 4.65. The summed E-state index contributed by atoms with van der Waals surface area (Å²) in [6, 6.07) is 15.7. The van der Waals surface area contributed by atoms with Gasteiger partial charge in [0.2, 0.25) is 5.91 Å². The molecule has 1 saturated heterocycles. The second-order valence-electron chi connectivity index (χ2n) is 7.87. The Labute approximate surface area is 166 Å². The zero-order chi connectivity index (χ0) is 19.3. The molecule has 0 spiro atoms. The fraction of sp³-hybridized carbons (Fsp3) is 0.435. The molecule has 2 heterocycles. The highest BCUT2D eigenvalue weighted by Crippen LogP contribution is 2.27. The molecule has 2 N–H and O–H groups in total. The number of phenols is 1.